The molecule has 0 fully saturated rings. The molecule has 1 unspecified atom stereocenters. The van der Waals surface area contributed by atoms with Crippen LogP contribution in [0.3, 0.4) is 0 Å². The van der Waals surface area contributed by atoms with Crippen LogP contribution in [-0.2, 0) is 28.6 Å². The maximum absolute atomic E-state index is 12.9. The summed E-state index contributed by atoms with van der Waals surface area (Å²) < 4.78 is 16.9. The summed E-state index contributed by atoms with van der Waals surface area (Å²) >= 11 is 0. The molecule has 0 aliphatic heterocycles. The number of rotatable bonds is 60. The molecule has 0 saturated carbocycles. The van der Waals surface area contributed by atoms with Crippen LogP contribution in [0.2, 0.25) is 0 Å². The predicted molar refractivity (Wildman–Crippen MR) is 353 cm³/mol. The van der Waals surface area contributed by atoms with Gasteiger partial charge in [-0.2, -0.15) is 0 Å². The van der Waals surface area contributed by atoms with E-state index in [1.165, 1.54) is 116 Å². The van der Waals surface area contributed by atoms with Gasteiger partial charge in [-0.3, -0.25) is 14.4 Å². The number of ether oxygens (including phenoxy) is 3. The summed E-state index contributed by atoms with van der Waals surface area (Å²) in [7, 11) is 0. The molecule has 0 amide bonds. The van der Waals surface area contributed by atoms with Gasteiger partial charge < -0.3 is 14.2 Å². The first-order chi connectivity index (χ1) is 40.0. The van der Waals surface area contributed by atoms with Crippen LogP contribution in [0.4, 0.5) is 0 Å². The van der Waals surface area contributed by atoms with Crippen LogP contribution in [-0.4, -0.2) is 37.2 Å². The molecule has 81 heavy (non-hydrogen) atoms. The van der Waals surface area contributed by atoms with E-state index >= 15 is 0 Å². The zero-order valence-electron chi connectivity index (χ0n) is 52.8. The fourth-order valence-electron chi connectivity index (χ4n) is 9.11. The molecule has 0 spiro atoms. The van der Waals surface area contributed by atoms with Crippen molar-refractivity contribution in [2.24, 2.45) is 0 Å². The van der Waals surface area contributed by atoms with E-state index in [1.807, 2.05) is 0 Å². The Morgan fingerprint density at radius 1 is 0.259 bits per heavy atom. The van der Waals surface area contributed by atoms with Gasteiger partial charge in [0, 0.05) is 19.3 Å². The van der Waals surface area contributed by atoms with Crippen molar-refractivity contribution >= 4 is 17.9 Å². The minimum Gasteiger partial charge on any atom is -0.462 e. The van der Waals surface area contributed by atoms with E-state index in [-0.39, 0.29) is 31.1 Å². The average Bonchev–Trinajstić information content (AvgIpc) is 3.46. The Bertz CT molecular complexity index is 1720. The molecule has 0 aliphatic rings. The maximum Gasteiger partial charge on any atom is 0.306 e. The van der Waals surface area contributed by atoms with Gasteiger partial charge in [0.1, 0.15) is 13.2 Å². The summed E-state index contributed by atoms with van der Waals surface area (Å²) in [6.45, 7) is 6.51. The Morgan fingerprint density at radius 2 is 0.481 bits per heavy atom. The highest BCUT2D eigenvalue weighted by atomic mass is 16.6. The van der Waals surface area contributed by atoms with Gasteiger partial charge in [-0.15, -0.1) is 0 Å². The molecule has 0 N–H and O–H groups in total. The summed E-state index contributed by atoms with van der Waals surface area (Å²) in [6.07, 6.45) is 96.1. The third kappa shape index (κ3) is 66.2. The van der Waals surface area contributed by atoms with Crippen LogP contribution in [0, 0.1) is 0 Å². The number of hydrogen-bond donors (Lipinski definition) is 0. The van der Waals surface area contributed by atoms with Gasteiger partial charge >= 0.3 is 17.9 Å². The van der Waals surface area contributed by atoms with Crippen molar-refractivity contribution in [1.82, 2.24) is 0 Å². The van der Waals surface area contributed by atoms with E-state index < -0.39 is 6.10 Å². The Balaban J connectivity index is 4.31. The number of esters is 3. The van der Waals surface area contributed by atoms with Crippen molar-refractivity contribution in [3.8, 4) is 0 Å². The predicted octanol–water partition coefficient (Wildman–Crippen LogP) is 23.3. The minimum atomic E-state index is -0.795. The molecular weight excluding hydrogens is 997 g/mol. The van der Waals surface area contributed by atoms with Crippen molar-refractivity contribution in [3.05, 3.63) is 134 Å². The van der Waals surface area contributed by atoms with E-state index in [0.29, 0.717) is 19.3 Å². The lowest BCUT2D eigenvalue weighted by molar-refractivity contribution is -0.167. The summed E-state index contributed by atoms with van der Waals surface area (Å²) in [5, 5.41) is 0. The molecule has 0 bridgehead atoms. The first-order valence-electron chi connectivity index (χ1n) is 33.7. The van der Waals surface area contributed by atoms with Crippen LogP contribution >= 0.6 is 0 Å². The van der Waals surface area contributed by atoms with E-state index in [0.717, 1.165) is 148 Å². The molecule has 460 valence electrons. The smallest absolute Gasteiger partial charge is 0.306 e. The van der Waals surface area contributed by atoms with Gasteiger partial charge in [0.15, 0.2) is 6.10 Å². The van der Waals surface area contributed by atoms with E-state index in [4.69, 9.17) is 14.2 Å². The van der Waals surface area contributed by atoms with E-state index in [9.17, 15) is 14.4 Å². The second kappa shape index (κ2) is 68.1. The van der Waals surface area contributed by atoms with Crippen LogP contribution in [0.5, 0.6) is 0 Å². The molecule has 0 radical (unpaired) electrons. The highest BCUT2D eigenvalue weighted by Crippen LogP contribution is 2.15. The topological polar surface area (TPSA) is 78.9 Å². The molecule has 0 aromatic carbocycles. The largest absolute Gasteiger partial charge is 0.462 e. The van der Waals surface area contributed by atoms with Gasteiger partial charge in [-0.1, -0.05) is 296 Å². The minimum absolute atomic E-state index is 0.0891. The molecule has 0 rings (SSSR count). The number of allylic oxidation sites excluding steroid dienone is 22. The lowest BCUT2D eigenvalue weighted by Gasteiger charge is -2.18. The summed E-state index contributed by atoms with van der Waals surface area (Å²) in [4.78, 5) is 38.3. The average molecular weight is 1120 g/mol. The Labute approximate surface area is 500 Å². The number of carbonyl (C=O) groups is 3. The lowest BCUT2D eigenvalue weighted by atomic mass is 10.0. The van der Waals surface area contributed by atoms with Gasteiger partial charge in [-0.25, -0.2) is 0 Å². The highest BCUT2D eigenvalue weighted by Gasteiger charge is 2.19. The second-order valence-electron chi connectivity index (χ2n) is 22.0. The summed E-state index contributed by atoms with van der Waals surface area (Å²) in [6, 6.07) is 0. The zero-order valence-corrected chi connectivity index (χ0v) is 52.8. The highest BCUT2D eigenvalue weighted by molar-refractivity contribution is 5.71. The van der Waals surface area contributed by atoms with E-state index in [1.54, 1.807) is 0 Å². The molecule has 0 saturated heterocycles. The monoisotopic (exact) mass is 1120 g/mol. The number of unbranched alkanes of at least 4 members (excludes halogenated alkanes) is 27. The molecule has 0 heterocycles. The standard InChI is InChI=1S/C75H124O6/c1-4-7-10-13-16-19-22-25-27-28-29-30-31-32-33-34-35-36-37-38-39-40-41-42-43-44-45-46-48-50-53-56-59-62-65-68-74(77)80-71-72(70-79-73(76)67-64-61-58-55-52-49-24-21-18-15-12-9-6-3)81-75(78)69-66-63-60-57-54-51-47-26-23-20-17-14-11-8-5-2/h7,10,16,19,25-27,29-30,32-33,35-36,38-39,41-42,44-45,47-48,50,72H,4-6,8-9,11-15,17-18,20-24,28,31,34,37,40,43,46,49,51-71H2,1-3H3/b10-7-,19-16-,27-25-,30-29-,33-32-,36-35-,39-38-,42-41-,45-44-,47-26-,50-48-. The molecular formula is C75H124O6. The molecule has 6 heteroatoms. The van der Waals surface area contributed by atoms with Gasteiger partial charge in [0.05, 0.1) is 0 Å². The molecule has 0 aromatic rings. The molecule has 6 nitrogen and oxygen atoms in total. The van der Waals surface area contributed by atoms with Gasteiger partial charge in [0.25, 0.3) is 0 Å². The molecule has 1 atom stereocenters. The maximum atomic E-state index is 12.9. The van der Waals surface area contributed by atoms with Crippen LogP contribution in [0.15, 0.2) is 134 Å². The Kier molecular flexibility index (Phi) is 64.3. The van der Waals surface area contributed by atoms with Crippen LogP contribution in [0.25, 0.3) is 0 Å². The third-order valence-corrected chi connectivity index (χ3v) is 14.1. The zero-order chi connectivity index (χ0) is 58.5. The second-order valence-corrected chi connectivity index (χ2v) is 22.0. The molecule has 0 aromatic heterocycles. The van der Waals surface area contributed by atoms with Crippen molar-refractivity contribution in [2.75, 3.05) is 13.2 Å². The van der Waals surface area contributed by atoms with Crippen molar-refractivity contribution in [1.29, 1.82) is 0 Å². The Morgan fingerprint density at radius 3 is 0.765 bits per heavy atom. The van der Waals surface area contributed by atoms with E-state index in [2.05, 4.69) is 154 Å². The normalized spacial score (nSPS) is 13.0. The summed E-state index contributed by atoms with van der Waals surface area (Å²) in [5.74, 6) is -0.918. The summed E-state index contributed by atoms with van der Waals surface area (Å²) in [5.41, 5.74) is 0. The number of carbonyl (C=O) groups excluding carboxylic acids is 3. The number of hydrogen-bond acceptors (Lipinski definition) is 6. The first kappa shape index (κ1) is 76.5. The van der Waals surface area contributed by atoms with Crippen LogP contribution in [0.1, 0.15) is 303 Å². The van der Waals surface area contributed by atoms with Crippen molar-refractivity contribution in [2.45, 2.75) is 309 Å². The third-order valence-electron chi connectivity index (χ3n) is 14.1. The fraction of sp³-hybridized carbons (Fsp3) is 0.667. The molecule has 0 aliphatic carbocycles. The Hall–Kier alpha value is -4.45. The van der Waals surface area contributed by atoms with Crippen LogP contribution < -0.4 is 0 Å². The van der Waals surface area contributed by atoms with Gasteiger partial charge in [0.2, 0.25) is 0 Å². The lowest BCUT2D eigenvalue weighted by Crippen LogP contribution is -2.30. The first-order valence-corrected chi connectivity index (χ1v) is 33.7. The SMILES string of the molecule is CC/C=C\C/C=C\C/C=C\C/C=C\C/C=C\C/C=C\C/C=C\C/C=C\C/C=C\C/C=C\CCCCCCC(=O)OCC(COC(=O)CCCCCCCCCCCCCCC)OC(=O)CCCCCCC/C=C\CCCCCCCC. The van der Waals surface area contributed by atoms with Gasteiger partial charge in [-0.05, 0) is 122 Å². The fourth-order valence-corrected chi connectivity index (χ4v) is 9.11. The van der Waals surface area contributed by atoms with Crippen molar-refractivity contribution in [3.63, 3.8) is 0 Å². The quantitative estimate of drug-likeness (QED) is 0.0261. The van der Waals surface area contributed by atoms with Crippen molar-refractivity contribution < 1.29 is 28.6 Å².